The number of aromatic nitrogens is 2. The van der Waals surface area contributed by atoms with Crippen molar-refractivity contribution in [3.8, 4) is 40.1 Å². The van der Waals surface area contributed by atoms with E-state index in [1.54, 1.807) is 32.0 Å². The number of aryl methyl sites for hydroxylation is 2. The second-order valence-electron chi connectivity index (χ2n) is 16.5. The van der Waals surface area contributed by atoms with Gasteiger partial charge in [0, 0.05) is 36.7 Å². The third-order valence-electron chi connectivity index (χ3n) is 10.8. The van der Waals surface area contributed by atoms with Gasteiger partial charge in [0.15, 0.2) is 5.82 Å². The monoisotopic (exact) mass is 860 g/mol. The number of nitrogens with zero attached hydrogens (tertiary/aromatic N) is 4. The molecule has 5 amide bonds. The van der Waals surface area contributed by atoms with Gasteiger partial charge in [-0.2, -0.15) is 5.26 Å². The quantitative estimate of drug-likeness (QED) is 0.101. The molecule has 0 saturated carbocycles. The summed E-state index contributed by atoms with van der Waals surface area (Å²) in [6.45, 7) is 11.1. The third-order valence-corrected chi connectivity index (χ3v) is 10.8. The first-order valence-corrected chi connectivity index (χ1v) is 20.7. The molecule has 0 fully saturated rings. The summed E-state index contributed by atoms with van der Waals surface area (Å²) >= 11 is 0. The molecule has 4 aromatic rings. The van der Waals surface area contributed by atoms with E-state index < -0.39 is 53.7 Å². The van der Waals surface area contributed by atoms with Gasteiger partial charge in [-0.05, 0) is 80.1 Å². The number of rotatable bonds is 12. The molecule has 0 spiro atoms. The molecule has 2 heterocycles. The molecule has 9 N–H and O–H groups in total. The third kappa shape index (κ3) is 11.1. The fourth-order valence-electron chi connectivity index (χ4n) is 7.37. The van der Waals surface area contributed by atoms with Crippen molar-refractivity contribution in [2.75, 3.05) is 33.3 Å². The van der Waals surface area contributed by atoms with E-state index in [0.29, 0.717) is 34.1 Å². The van der Waals surface area contributed by atoms with E-state index in [1.807, 2.05) is 30.3 Å². The molecule has 63 heavy (non-hydrogen) atoms. The van der Waals surface area contributed by atoms with Crippen LogP contribution in [-0.2, 0) is 31.0 Å². The number of nitriles is 1. The van der Waals surface area contributed by atoms with E-state index in [1.165, 1.54) is 32.2 Å². The highest BCUT2D eigenvalue weighted by molar-refractivity contribution is 6.00. The summed E-state index contributed by atoms with van der Waals surface area (Å²) in [7, 11) is 1.38. The van der Waals surface area contributed by atoms with Crippen molar-refractivity contribution in [3.63, 3.8) is 0 Å². The zero-order valence-corrected chi connectivity index (χ0v) is 36.7. The molecule has 4 atom stereocenters. The summed E-state index contributed by atoms with van der Waals surface area (Å²) in [6, 6.07) is 14.1. The molecule has 1 aliphatic heterocycles. The largest absolute Gasteiger partial charge is 0.507 e. The van der Waals surface area contributed by atoms with E-state index in [9.17, 15) is 29.1 Å². The Morgan fingerprint density at radius 3 is 2.27 bits per heavy atom. The molecule has 1 aromatic heterocycles. The van der Waals surface area contributed by atoms with Crippen LogP contribution in [0.25, 0.3) is 22.5 Å². The van der Waals surface area contributed by atoms with Gasteiger partial charge in [-0.3, -0.25) is 24.0 Å². The molecule has 1 aliphatic rings. The number of amides is 5. The maximum Gasteiger partial charge on any atom is 0.255 e. The molecule has 17 heteroatoms. The lowest BCUT2D eigenvalue weighted by Gasteiger charge is -2.32. The fraction of sp³-hybridized carbons (Fsp3) is 0.391. The van der Waals surface area contributed by atoms with E-state index >= 15 is 0 Å². The second-order valence-corrected chi connectivity index (χ2v) is 16.5. The molecule has 0 radical (unpaired) electrons. The number of fused-ring (bicyclic) bond motifs is 5. The zero-order valence-electron chi connectivity index (χ0n) is 36.7. The van der Waals surface area contributed by atoms with Gasteiger partial charge in [0.1, 0.15) is 48.8 Å². The Hall–Kier alpha value is -6.90. The van der Waals surface area contributed by atoms with Crippen molar-refractivity contribution in [1.82, 2.24) is 36.1 Å². The number of phenolic OH excluding ortho intramolecular Hbond substituents is 1. The van der Waals surface area contributed by atoms with Gasteiger partial charge < -0.3 is 47.5 Å². The van der Waals surface area contributed by atoms with Crippen LogP contribution in [0.5, 0.6) is 11.5 Å². The molecular formula is C46H56N10O7. The molecule has 332 valence electrons. The predicted molar refractivity (Wildman–Crippen MR) is 236 cm³/mol. The average Bonchev–Trinajstić information content (AvgIpc) is 3.24. The van der Waals surface area contributed by atoms with Crippen LogP contribution in [0.4, 0.5) is 0 Å². The van der Waals surface area contributed by atoms with E-state index in [4.69, 9.17) is 21.5 Å². The lowest BCUT2D eigenvalue weighted by molar-refractivity contribution is -0.141. The van der Waals surface area contributed by atoms with Crippen LogP contribution in [-0.4, -0.2) is 101 Å². The fourth-order valence-corrected chi connectivity index (χ4v) is 7.37. The van der Waals surface area contributed by atoms with Crippen molar-refractivity contribution >= 4 is 29.5 Å². The van der Waals surface area contributed by atoms with Crippen LogP contribution < -0.4 is 37.5 Å². The van der Waals surface area contributed by atoms with E-state index in [2.05, 4.69) is 52.0 Å². The Kier molecular flexibility index (Phi) is 15.2. The number of hydrogen-bond donors (Lipinski definition) is 7. The number of aromatic hydroxyl groups is 1. The molecule has 5 rings (SSSR count). The second kappa shape index (κ2) is 20.3. The smallest absolute Gasteiger partial charge is 0.255 e. The molecule has 0 saturated heterocycles. The summed E-state index contributed by atoms with van der Waals surface area (Å²) < 4.78 is 5.95. The van der Waals surface area contributed by atoms with Gasteiger partial charge in [-0.25, -0.2) is 9.97 Å². The van der Waals surface area contributed by atoms with Crippen LogP contribution in [0.2, 0.25) is 0 Å². The van der Waals surface area contributed by atoms with E-state index in [-0.39, 0.29) is 66.9 Å². The number of benzene rings is 3. The lowest BCUT2D eigenvalue weighted by Crippen LogP contribution is -2.56. The van der Waals surface area contributed by atoms with Crippen molar-refractivity contribution in [1.29, 1.82) is 5.26 Å². The SMILES string of the molecule is Cc1nc(-c2ccc(C(C)(C)C)cc2)nc(C)c1C(=O)N[C@@H](CCN)C(=O)N(C)[C@@H]1C(=O)N[C@@H](C)C(=O)N[C@H](C(=O)NCC#N)Cc2ccc(OCCN)c(c2)-c2cc1ccc2O. The first-order valence-electron chi connectivity index (χ1n) is 20.7. The van der Waals surface area contributed by atoms with Crippen molar-refractivity contribution in [2.24, 2.45) is 11.5 Å². The van der Waals surface area contributed by atoms with Crippen molar-refractivity contribution < 1.29 is 33.8 Å². The minimum Gasteiger partial charge on any atom is -0.507 e. The summed E-state index contributed by atoms with van der Waals surface area (Å²) in [6.07, 6.45) is -0.0346. The topological polar surface area (TPSA) is 268 Å². The van der Waals surface area contributed by atoms with Crippen LogP contribution in [0.3, 0.4) is 0 Å². The number of hydrogen-bond acceptors (Lipinski definition) is 12. The van der Waals surface area contributed by atoms with Crippen LogP contribution >= 0.6 is 0 Å². The first kappa shape index (κ1) is 47.2. The van der Waals surface area contributed by atoms with E-state index in [0.717, 1.165) is 16.0 Å². The summed E-state index contributed by atoms with van der Waals surface area (Å²) in [5, 5.41) is 31.0. The number of likely N-dealkylation sites (N-methyl/N-ethyl adjacent to an activating group) is 1. The minimum absolute atomic E-state index is 0.00898. The van der Waals surface area contributed by atoms with Crippen molar-refractivity contribution in [3.05, 3.63) is 94.3 Å². The van der Waals surface area contributed by atoms with Crippen molar-refractivity contribution in [2.45, 2.75) is 84.0 Å². The summed E-state index contributed by atoms with van der Waals surface area (Å²) in [4.78, 5) is 80.3. The standard InChI is InChI=1S/C46H56N10O7/c1-25-38(26(2)52-40(51-25)29-9-12-31(13-10-29)46(4,5)6)43(60)54-34(16-17-47)45(62)56(7)39-30-11-14-36(57)32(24-30)33-22-28(8-15-37(33)63-21-19-49)23-35(42(59)50-20-18-48)55-41(58)27(3)53-44(39)61/h8-15,22,24,27,34-35,39,57H,16-17,19-21,23,47,49H2,1-7H3,(H,50,59)(H,53,61)(H,54,60)(H,55,58)/t27-,34-,35-,39-/m0/s1. The van der Waals surface area contributed by atoms with Gasteiger partial charge in [0.2, 0.25) is 23.6 Å². The Balaban J connectivity index is 1.53. The molecule has 3 aromatic carbocycles. The van der Waals surface area contributed by atoms with Crippen LogP contribution in [0, 0.1) is 25.2 Å². The lowest BCUT2D eigenvalue weighted by atomic mass is 9.86. The summed E-state index contributed by atoms with van der Waals surface area (Å²) in [5.41, 5.74) is 16.0. The number of ether oxygens (including phenoxy) is 1. The Morgan fingerprint density at radius 2 is 1.65 bits per heavy atom. The highest BCUT2D eigenvalue weighted by atomic mass is 16.5. The van der Waals surface area contributed by atoms with Crippen LogP contribution in [0.1, 0.15) is 78.6 Å². The average molecular weight is 861 g/mol. The maximum atomic E-state index is 14.6. The summed E-state index contributed by atoms with van der Waals surface area (Å²) in [5.74, 6) is -2.87. The van der Waals surface area contributed by atoms with Gasteiger partial charge in [0.05, 0.1) is 23.0 Å². The number of phenols is 1. The zero-order chi connectivity index (χ0) is 46.2. The van der Waals surface area contributed by atoms with Gasteiger partial charge >= 0.3 is 0 Å². The highest BCUT2D eigenvalue weighted by Crippen LogP contribution is 2.39. The molecular weight excluding hydrogens is 805 g/mol. The van der Waals surface area contributed by atoms with Crippen LogP contribution in [0.15, 0.2) is 60.7 Å². The molecule has 4 bridgehead atoms. The number of nitrogens with two attached hydrogens (primary N) is 2. The molecule has 0 aliphatic carbocycles. The number of nitrogens with one attached hydrogen (secondary N) is 4. The Labute approximate surface area is 367 Å². The molecule has 0 unspecified atom stereocenters. The highest BCUT2D eigenvalue weighted by Gasteiger charge is 2.36. The number of carbonyl (C=O) groups excluding carboxylic acids is 5. The Morgan fingerprint density at radius 1 is 0.968 bits per heavy atom. The Bertz CT molecular complexity index is 2380. The first-order chi connectivity index (χ1) is 29.9. The van der Waals surface area contributed by atoms with Gasteiger partial charge in [-0.15, -0.1) is 0 Å². The normalized spacial score (nSPS) is 16.9. The minimum atomic E-state index is -1.44. The van der Waals surface area contributed by atoms with Gasteiger partial charge in [0.25, 0.3) is 5.91 Å². The van der Waals surface area contributed by atoms with Gasteiger partial charge in [-0.1, -0.05) is 57.2 Å². The molecule has 17 nitrogen and oxygen atoms in total. The predicted octanol–water partition coefficient (Wildman–Crippen LogP) is 2.60. The maximum absolute atomic E-state index is 14.6. The number of carbonyl (C=O) groups is 5.